The number of rotatable bonds is 8. The number of aromatic nitrogens is 3. The molecule has 1 aromatic carbocycles. The number of ether oxygens (including phenoxy) is 2. The number of carbonyl (C=O) groups is 1. The van der Waals surface area contributed by atoms with Crippen LogP contribution >= 0.6 is 0 Å². The molecule has 0 fully saturated rings. The summed E-state index contributed by atoms with van der Waals surface area (Å²) < 4.78 is 11.0. The van der Waals surface area contributed by atoms with Gasteiger partial charge < -0.3 is 14.8 Å². The molecule has 0 aliphatic rings. The van der Waals surface area contributed by atoms with Crippen molar-refractivity contribution in [2.24, 2.45) is 0 Å². The number of benzene rings is 1. The summed E-state index contributed by atoms with van der Waals surface area (Å²) in [6.45, 7) is 3.98. The summed E-state index contributed by atoms with van der Waals surface area (Å²) in [6.07, 6.45) is 4.37. The van der Waals surface area contributed by atoms with Crippen LogP contribution in [0.4, 0.5) is 11.5 Å². The molecule has 7 heteroatoms. The zero-order valence-electron chi connectivity index (χ0n) is 19.4. The lowest BCUT2D eigenvalue weighted by Crippen LogP contribution is -2.02. The maximum absolute atomic E-state index is 11.4. The van der Waals surface area contributed by atoms with Crippen LogP contribution < -0.4 is 10.1 Å². The molecular formula is C27H26N4O3. The van der Waals surface area contributed by atoms with Gasteiger partial charge >= 0.3 is 5.97 Å². The van der Waals surface area contributed by atoms with Crippen LogP contribution in [0.25, 0.3) is 11.4 Å². The maximum atomic E-state index is 11.4. The van der Waals surface area contributed by atoms with Crippen LogP contribution in [0, 0.1) is 13.8 Å². The first-order valence-corrected chi connectivity index (χ1v) is 11.0. The highest BCUT2D eigenvalue weighted by molar-refractivity contribution is 5.69. The van der Waals surface area contributed by atoms with E-state index in [4.69, 9.17) is 14.5 Å². The van der Waals surface area contributed by atoms with Gasteiger partial charge in [-0.05, 0) is 67.8 Å². The van der Waals surface area contributed by atoms with Crippen LogP contribution in [0.3, 0.4) is 0 Å². The smallest absolute Gasteiger partial charge is 0.305 e. The minimum Gasteiger partial charge on any atom is -0.469 e. The molecule has 0 radical (unpaired) electrons. The molecule has 1 N–H and O–H groups in total. The molecule has 0 atom stereocenters. The number of carbonyl (C=O) groups excluding carboxylic acids is 1. The minimum absolute atomic E-state index is 0.226. The Labute approximate surface area is 198 Å². The molecular weight excluding hydrogens is 428 g/mol. The van der Waals surface area contributed by atoms with E-state index in [1.165, 1.54) is 7.11 Å². The fraction of sp³-hybridized carbons (Fsp3) is 0.185. The summed E-state index contributed by atoms with van der Waals surface area (Å²) in [5.74, 6) is 1.67. The van der Waals surface area contributed by atoms with Crippen LogP contribution in [0.15, 0.2) is 73.1 Å². The summed E-state index contributed by atoms with van der Waals surface area (Å²) in [5.41, 5.74) is 5.30. The molecule has 7 nitrogen and oxygen atoms in total. The van der Waals surface area contributed by atoms with Gasteiger partial charge in [-0.15, -0.1) is 0 Å². The van der Waals surface area contributed by atoms with Crippen molar-refractivity contribution in [3.05, 3.63) is 89.9 Å². The van der Waals surface area contributed by atoms with E-state index in [-0.39, 0.29) is 5.97 Å². The number of hydrogen-bond donors (Lipinski definition) is 1. The second-order valence-electron chi connectivity index (χ2n) is 7.83. The largest absolute Gasteiger partial charge is 0.469 e. The Hall–Kier alpha value is -4.26. The van der Waals surface area contributed by atoms with E-state index in [1.807, 2.05) is 68.4 Å². The van der Waals surface area contributed by atoms with Gasteiger partial charge in [0.2, 0.25) is 0 Å². The van der Waals surface area contributed by atoms with Gasteiger partial charge in [0.05, 0.1) is 12.8 Å². The number of aryl methyl sites for hydroxylation is 3. The van der Waals surface area contributed by atoms with Gasteiger partial charge in [0.25, 0.3) is 0 Å². The molecule has 0 unspecified atom stereocenters. The predicted molar refractivity (Wildman–Crippen MR) is 131 cm³/mol. The zero-order valence-corrected chi connectivity index (χ0v) is 19.4. The van der Waals surface area contributed by atoms with E-state index < -0.39 is 0 Å². The van der Waals surface area contributed by atoms with Gasteiger partial charge in [-0.2, -0.15) is 0 Å². The molecule has 0 amide bonds. The van der Waals surface area contributed by atoms with E-state index in [2.05, 4.69) is 15.3 Å². The van der Waals surface area contributed by atoms with Crippen LogP contribution in [0.5, 0.6) is 11.5 Å². The second kappa shape index (κ2) is 10.6. The molecule has 3 heterocycles. The van der Waals surface area contributed by atoms with Gasteiger partial charge in [0, 0.05) is 36.3 Å². The normalized spacial score (nSPS) is 10.6. The number of esters is 1. The van der Waals surface area contributed by atoms with E-state index in [0.29, 0.717) is 35.9 Å². The SMILES string of the molecule is COC(=O)CCc1cccc(Nc2cc(Oc3cc(C)c(C)nc3-c3ccccn3)ccn2)c1. The van der Waals surface area contributed by atoms with Crippen LogP contribution in [-0.4, -0.2) is 28.0 Å². The molecule has 4 aromatic rings. The maximum Gasteiger partial charge on any atom is 0.305 e. The van der Waals surface area contributed by atoms with Crippen LogP contribution in [-0.2, 0) is 16.0 Å². The Morgan fingerprint density at radius 2 is 1.85 bits per heavy atom. The highest BCUT2D eigenvalue weighted by atomic mass is 16.5. The third-order valence-corrected chi connectivity index (χ3v) is 5.34. The van der Waals surface area contributed by atoms with Gasteiger partial charge in [0.15, 0.2) is 5.75 Å². The van der Waals surface area contributed by atoms with Crippen molar-refractivity contribution in [3.8, 4) is 22.9 Å². The molecule has 0 aliphatic heterocycles. The predicted octanol–water partition coefficient (Wildman–Crippen LogP) is 5.80. The molecule has 0 spiro atoms. The minimum atomic E-state index is -0.226. The Morgan fingerprint density at radius 1 is 0.971 bits per heavy atom. The summed E-state index contributed by atoms with van der Waals surface area (Å²) in [5, 5.41) is 3.30. The first-order chi connectivity index (χ1) is 16.5. The highest BCUT2D eigenvalue weighted by Gasteiger charge is 2.13. The Kier molecular flexibility index (Phi) is 7.13. The van der Waals surface area contributed by atoms with Gasteiger partial charge in [-0.25, -0.2) is 9.97 Å². The standard InChI is InChI=1S/C27H26N4O3/c1-18-15-24(27(30-19(18)2)23-9-4-5-13-28-23)34-22-12-14-29-25(17-22)31-21-8-6-7-20(16-21)10-11-26(32)33-3/h4-9,12-17H,10-11H2,1-3H3,(H,29,31). The third-order valence-electron chi connectivity index (χ3n) is 5.34. The lowest BCUT2D eigenvalue weighted by Gasteiger charge is -2.14. The first kappa shape index (κ1) is 22.9. The van der Waals surface area contributed by atoms with Crippen molar-refractivity contribution >= 4 is 17.5 Å². The van der Waals surface area contributed by atoms with Gasteiger partial charge in [0.1, 0.15) is 17.3 Å². The number of nitrogens with zero attached hydrogens (tertiary/aromatic N) is 3. The van der Waals surface area contributed by atoms with Crippen molar-refractivity contribution in [2.75, 3.05) is 12.4 Å². The lowest BCUT2D eigenvalue weighted by atomic mass is 10.1. The molecule has 34 heavy (non-hydrogen) atoms. The van der Waals surface area contributed by atoms with Crippen LogP contribution in [0.2, 0.25) is 0 Å². The van der Waals surface area contributed by atoms with Crippen molar-refractivity contribution in [1.82, 2.24) is 15.0 Å². The second-order valence-corrected chi connectivity index (χ2v) is 7.83. The van der Waals surface area contributed by atoms with Gasteiger partial charge in [-0.1, -0.05) is 18.2 Å². The average Bonchev–Trinajstić information content (AvgIpc) is 2.85. The van der Waals surface area contributed by atoms with E-state index in [9.17, 15) is 4.79 Å². The third kappa shape index (κ3) is 5.75. The Bertz CT molecular complexity index is 1290. The molecule has 0 bridgehead atoms. The average molecular weight is 455 g/mol. The molecule has 172 valence electrons. The molecule has 0 aliphatic carbocycles. The summed E-state index contributed by atoms with van der Waals surface area (Å²) in [4.78, 5) is 25.0. The van der Waals surface area contributed by atoms with E-state index in [1.54, 1.807) is 18.5 Å². The lowest BCUT2D eigenvalue weighted by molar-refractivity contribution is -0.140. The van der Waals surface area contributed by atoms with Crippen molar-refractivity contribution in [2.45, 2.75) is 26.7 Å². The summed E-state index contributed by atoms with van der Waals surface area (Å²) in [7, 11) is 1.40. The van der Waals surface area contributed by atoms with E-state index in [0.717, 1.165) is 28.2 Å². The highest BCUT2D eigenvalue weighted by Crippen LogP contribution is 2.33. The summed E-state index contributed by atoms with van der Waals surface area (Å²) >= 11 is 0. The molecule has 0 saturated heterocycles. The zero-order chi connectivity index (χ0) is 23.9. The van der Waals surface area contributed by atoms with Crippen molar-refractivity contribution in [3.63, 3.8) is 0 Å². The molecule has 4 rings (SSSR count). The van der Waals surface area contributed by atoms with E-state index >= 15 is 0 Å². The fourth-order valence-corrected chi connectivity index (χ4v) is 3.42. The number of nitrogens with one attached hydrogen (secondary N) is 1. The number of methoxy groups -OCH3 is 1. The summed E-state index contributed by atoms with van der Waals surface area (Å²) in [6, 6.07) is 19.2. The molecule has 0 saturated carbocycles. The molecule has 3 aromatic heterocycles. The fourth-order valence-electron chi connectivity index (χ4n) is 3.42. The Morgan fingerprint density at radius 3 is 2.65 bits per heavy atom. The van der Waals surface area contributed by atoms with Crippen molar-refractivity contribution in [1.29, 1.82) is 0 Å². The number of pyridine rings is 3. The van der Waals surface area contributed by atoms with Gasteiger partial charge in [-0.3, -0.25) is 9.78 Å². The van der Waals surface area contributed by atoms with Crippen molar-refractivity contribution < 1.29 is 14.3 Å². The monoisotopic (exact) mass is 454 g/mol. The van der Waals surface area contributed by atoms with Crippen LogP contribution in [0.1, 0.15) is 23.2 Å². The Balaban J connectivity index is 1.54. The number of hydrogen-bond acceptors (Lipinski definition) is 7. The first-order valence-electron chi connectivity index (χ1n) is 11.0. The number of anilines is 2. The quantitative estimate of drug-likeness (QED) is 0.337. The topological polar surface area (TPSA) is 86.2 Å².